The van der Waals surface area contributed by atoms with E-state index >= 15 is 0 Å². The van der Waals surface area contributed by atoms with Gasteiger partial charge in [-0.25, -0.2) is 9.97 Å². The molecule has 9 heteroatoms. The zero-order valence-electron chi connectivity index (χ0n) is 17.8. The van der Waals surface area contributed by atoms with Gasteiger partial charge < -0.3 is 4.74 Å². The zero-order valence-corrected chi connectivity index (χ0v) is 20.1. The number of hydrogen-bond acceptors (Lipinski definition) is 6. The third-order valence-electron chi connectivity index (χ3n) is 4.97. The highest BCUT2D eigenvalue weighted by Crippen LogP contribution is 2.28. The van der Waals surface area contributed by atoms with Gasteiger partial charge in [-0.3, -0.25) is 14.5 Å². The largest absolute Gasteiger partial charge is 0.460 e. The Hall–Kier alpha value is -3.26. The Kier molecular flexibility index (Phi) is 7.90. The van der Waals surface area contributed by atoms with E-state index in [0.29, 0.717) is 26.4 Å². The smallest absolute Gasteiger partial charge is 0.323 e. The van der Waals surface area contributed by atoms with Gasteiger partial charge in [-0.2, -0.15) is 0 Å². The van der Waals surface area contributed by atoms with Gasteiger partial charge in [0.05, 0.1) is 6.54 Å². The molecule has 0 aliphatic rings. The van der Waals surface area contributed by atoms with E-state index in [-0.39, 0.29) is 13.2 Å². The highest BCUT2D eigenvalue weighted by molar-refractivity contribution is 7.15. The molecule has 2 aromatic heterocycles. The van der Waals surface area contributed by atoms with E-state index in [2.05, 4.69) is 9.97 Å². The van der Waals surface area contributed by atoms with Crippen LogP contribution in [-0.4, -0.2) is 21.8 Å². The summed E-state index contributed by atoms with van der Waals surface area (Å²) in [7, 11) is 0. The molecule has 0 N–H and O–H groups in total. The summed E-state index contributed by atoms with van der Waals surface area (Å²) in [6.45, 7) is 0.102. The van der Waals surface area contributed by atoms with Gasteiger partial charge in [0, 0.05) is 27.9 Å². The maximum absolute atomic E-state index is 13.9. The molecule has 0 bridgehead atoms. The SMILES string of the molecule is O=C(OCc1ccccc1Cl)C(C(=O)N(Cc1cnc(Cl)s1)c1ccccn1)c1ccccc1. The maximum atomic E-state index is 13.9. The second-order valence-electron chi connectivity index (χ2n) is 7.23. The highest BCUT2D eigenvalue weighted by Gasteiger charge is 2.35. The molecule has 0 saturated carbocycles. The molecule has 0 aliphatic heterocycles. The first kappa shape index (κ1) is 23.9. The standard InChI is InChI=1S/C25H19Cl2N3O3S/c26-20-11-5-4-10-18(20)16-33-24(32)22(17-8-2-1-3-9-17)23(31)30(21-12-6-7-13-28-21)15-19-14-29-25(27)34-19/h1-14,22H,15-16H2. The van der Waals surface area contributed by atoms with Gasteiger partial charge in [0.1, 0.15) is 12.4 Å². The fraction of sp³-hybridized carbons (Fsp3) is 0.120. The molecular weight excluding hydrogens is 493 g/mol. The van der Waals surface area contributed by atoms with Crippen LogP contribution in [0, 0.1) is 0 Å². The number of benzene rings is 2. The van der Waals surface area contributed by atoms with Crippen molar-refractivity contribution in [1.29, 1.82) is 0 Å². The second-order valence-corrected chi connectivity index (χ2v) is 9.34. The first-order valence-corrected chi connectivity index (χ1v) is 11.9. The van der Waals surface area contributed by atoms with Crippen molar-refractivity contribution >= 4 is 52.2 Å². The minimum absolute atomic E-state index is 0.0524. The van der Waals surface area contributed by atoms with Gasteiger partial charge in [-0.15, -0.1) is 11.3 Å². The number of thiazole rings is 1. The average Bonchev–Trinajstić information content (AvgIpc) is 3.28. The summed E-state index contributed by atoms with van der Waals surface area (Å²) in [5.41, 5.74) is 1.16. The van der Waals surface area contributed by atoms with E-state index in [1.807, 2.05) is 6.07 Å². The lowest BCUT2D eigenvalue weighted by atomic mass is 9.97. The molecule has 1 unspecified atom stereocenters. The zero-order chi connectivity index (χ0) is 23.9. The molecule has 1 amide bonds. The second kappa shape index (κ2) is 11.2. The third-order valence-corrected chi connectivity index (χ3v) is 6.44. The van der Waals surface area contributed by atoms with Crippen LogP contribution in [0.25, 0.3) is 0 Å². The van der Waals surface area contributed by atoms with Gasteiger partial charge in [0.2, 0.25) is 5.91 Å². The van der Waals surface area contributed by atoms with E-state index in [4.69, 9.17) is 27.9 Å². The van der Waals surface area contributed by atoms with Crippen molar-refractivity contribution in [3.63, 3.8) is 0 Å². The Morgan fingerprint density at radius 3 is 2.35 bits per heavy atom. The Balaban J connectivity index is 1.66. The summed E-state index contributed by atoms with van der Waals surface area (Å²) >= 11 is 13.4. The van der Waals surface area contributed by atoms with E-state index in [1.54, 1.807) is 79.1 Å². The number of aromatic nitrogens is 2. The Morgan fingerprint density at radius 2 is 1.68 bits per heavy atom. The van der Waals surface area contributed by atoms with Crippen LogP contribution in [0.2, 0.25) is 9.49 Å². The van der Waals surface area contributed by atoms with E-state index in [9.17, 15) is 9.59 Å². The molecule has 4 rings (SSSR count). The summed E-state index contributed by atoms with van der Waals surface area (Å²) in [6, 6.07) is 21.1. The molecular formula is C25H19Cl2N3O3S. The number of pyridine rings is 1. The topological polar surface area (TPSA) is 72.4 Å². The minimum atomic E-state index is -1.20. The number of carbonyl (C=O) groups is 2. The van der Waals surface area contributed by atoms with Crippen LogP contribution in [0.15, 0.2) is 85.2 Å². The number of rotatable bonds is 8. The van der Waals surface area contributed by atoms with Crippen molar-refractivity contribution < 1.29 is 14.3 Å². The molecule has 0 fully saturated rings. The highest BCUT2D eigenvalue weighted by atomic mass is 35.5. The number of carbonyl (C=O) groups excluding carboxylic acids is 2. The Bertz CT molecular complexity index is 1270. The van der Waals surface area contributed by atoms with Gasteiger partial charge in [-0.05, 0) is 23.8 Å². The maximum Gasteiger partial charge on any atom is 0.323 e. The summed E-state index contributed by atoms with van der Waals surface area (Å²) < 4.78 is 5.93. The van der Waals surface area contributed by atoms with E-state index < -0.39 is 17.8 Å². The predicted molar refractivity (Wildman–Crippen MR) is 133 cm³/mol. The average molecular weight is 512 g/mol. The number of esters is 1. The molecule has 0 saturated heterocycles. The summed E-state index contributed by atoms with van der Waals surface area (Å²) in [6.07, 6.45) is 3.19. The molecule has 34 heavy (non-hydrogen) atoms. The first-order chi connectivity index (χ1) is 16.5. The Morgan fingerprint density at radius 1 is 0.941 bits per heavy atom. The Labute approximate surface area is 210 Å². The molecule has 2 aromatic carbocycles. The van der Waals surface area contributed by atoms with E-state index in [1.165, 1.54) is 16.2 Å². The lowest BCUT2D eigenvalue weighted by Crippen LogP contribution is -2.39. The summed E-state index contributed by atoms with van der Waals surface area (Å²) in [4.78, 5) is 37.8. The monoisotopic (exact) mass is 511 g/mol. The fourth-order valence-corrected chi connectivity index (χ4v) is 4.48. The third kappa shape index (κ3) is 5.80. The van der Waals surface area contributed by atoms with Crippen molar-refractivity contribution in [3.05, 3.63) is 111 Å². The van der Waals surface area contributed by atoms with Crippen molar-refractivity contribution in [2.75, 3.05) is 4.90 Å². The number of hydrogen-bond donors (Lipinski definition) is 0. The van der Waals surface area contributed by atoms with Gasteiger partial charge in [0.25, 0.3) is 0 Å². The lowest BCUT2D eigenvalue weighted by molar-refractivity contribution is -0.149. The summed E-state index contributed by atoms with van der Waals surface area (Å²) in [5, 5.41) is 0.482. The van der Waals surface area contributed by atoms with Crippen LogP contribution < -0.4 is 4.90 Å². The van der Waals surface area contributed by atoms with Gasteiger partial charge >= 0.3 is 5.97 Å². The predicted octanol–water partition coefficient (Wildman–Crippen LogP) is 5.91. The van der Waals surface area contributed by atoms with E-state index in [0.717, 1.165) is 4.88 Å². The number of nitrogens with zero attached hydrogens (tertiary/aromatic N) is 3. The molecule has 0 aliphatic carbocycles. The molecule has 1 atom stereocenters. The molecule has 0 radical (unpaired) electrons. The number of amides is 1. The quantitative estimate of drug-likeness (QED) is 0.217. The van der Waals surface area contributed by atoms with Gasteiger partial charge in [-0.1, -0.05) is 77.8 Å². The van der Waals surface area contributed by atoms with Gasteiger partial charge in [0.15, 0.2) is 10.4 Å². The normalized spacial score (nSPS) is 11.6. The van der Waals surface area contributed by atoms with Crippen LogP contribution >= 0.6 is 34.5 Å². The lowest BCUT2D eigenvalue weighted by Gasteiger charge is -2.25. The molecule has 2 heterocycles. The minimum Gasteiger partial charge on any atom is -0.460 e. The molecule has 172 valence electrons. The van der Waals surface area contributed by atoms with Crippen LogP contribution in [0.1, 0.15) is 21.9 Å². The number of anilines is 1. The van der Waals surface area contributed by atoms with Crippen LogP contribution in [-0.2, 0) is 27.5 Å². The number of ether oxygens (including phenoxy) is 1. The van der Waals surface area contributed by atoms with Crippen molar-refractivity contribution in [1.82, 2.24) is 9.97 Å². The summed E-state index contributed by atoms with van der Waals surface area (Å²) in [5.74, 6) is -1.95. The van der Waals surface area contributed by atoms with Crippen LogP contribution in [0.5, 0.6) is 0 Å². The van der Waals surface area contributed by atoms with Crippen molar-refractivity contribution in [2.45, 2.75) is 19.1 Å². The molecule has 0 spiro atoms. The number of halogens is 2. The van der Waals surface area contributed by atoms with Crippen LogP contribution in [0.3, 0.4) is 0 Å². The van der Waals surface area contributed by atoms with Crippen molar-refractivity contribution in [2.24, 2.45) is 0 Å². The molecule has 4 aromatic rings. The van der Waals surface area contributed by atoms with Crippen molar-refractivity contribution in [3.8, 4) is 0 Å². The first-order valence-electron chi connectivity index (χ1n) is 10.3. The molecule has 6 nitrogen and oxygen atoms in total. The fourth-order valence-electron chi connectivity index (χ4n) is 3.33. The van der Waals surface area contributed by atoms with Crippen LogP contribution in [0.4, 0.5) is 5.82 Å².